The molecule has 1 aromatic rings. The maximum Gasteiger partial charge on any atom is 0.118 e. The van der Waals surface area contributed by atoms with E-state index in [2.05, 4.69) is 30.9 Å². The minimum Gasteiger partial charge on any atom is -0.497 e. The monoisotopic (exact) mass is 263 g/mol. The number of benzene rings is 1. The molecule has 4 nitrogen and oxygen atoms in total. The molecule has 0 aliphatic rings. The lowest BCUT2D eigenvalue weighted by Gasteiger charge is -2.26. The zero-order valence-corrected chi connectivity index (χ0v) is 12.1. The highest BCUT2D eigenvalue weighted by Crippen LogP contribution is 2.12. The summed E-state index contributed by atoms with van der Waals surface area (Å²) in [5.41, 5.74) is 6.72. The van der Waals surface area contributed by atoms with Crippen LogP contribution >= 0.6 is 0 Å². The van der Waals surface area contributed by atoms with Crippen molar-refractivity contribution in [3.05, 3.63) is 29.8 Å². The van der Waals surface area contributed by atoms with Crippen molar-refractivity contribution in [2.45, 2.75) is 32.7 Å². The van der Waals surface area contributed by atoms with Gasteiger partial charge in [0.1, 0.15) is 5.75 Å². The van der Waals surface area contributed by atoms with Crippen LogP contribution in [0.15, 0.2) is 24.3 Å². The lowest BCUT2D eigenvalue weighted by atomic mass is 10.1. The highest BCUT2D eigenvalue weighted by molar-refractivity contribution is 5.76. The number of ether oxygens (including phenoxy) is 1. The molecule has 0 bridgehead atoms. The minimum atomic E-state index is 0.259. The summed E-state index contributed by atoms with van der Waals surface area (Å²) in [4.78, 5) is 2.35. The first-order valence-corrected chi connectivity index (χ1v) is 6.72. The van der Waals surface area contributed by atoms with Crippen LogP contribution in [0.3, 0.4) is 0 Å². The van der Waals surface area contributed by atoms with Crippen molar-refractivity contribution < 1.29 is 4.74 Å². The predicted molar refractivity (Wildman–Crippen MR) is 79.9 cm³/mol. The first kappa shape index (κ1) is 15.5. The highest BCUT2D eigenvalue weighted by Gasteiger charge is 2.09. The second-order valence-corrected chi connectivity index (χ2v) is 5.00. The number of amidine groups is 1. The van der Waals surface area contributed by atoms with E-state index in [9.17, 15) is 0 Å². The fourth-order valence-corrected chi connectivity index (χ4v) is 1.96. The molecule has 0 spiro atoms. The predicted octanol–water partition coefficient (Wildman–Crippen LogP) is 2.27. The topological polar surface area (TPSA) is 62.3 Å². The summed E-state index contributed by atoms with van der Waals surface area (Å²) in [6.07, 6.45) is 1.64. The SMILES string of the molecule is COc1ccc(CCN(CCC(=N)N)C(C)C)cc1. The van der Waals surface area contributed by atoms with Crippen molar-refractivity contribution in [3.8, 4) is 5.75 Å². The Balaban J connectivity index is 2.48. The van der Waals surface area contributed by atoms with Gasteiger partial charge in [0.25, 0.3) is 0 Å². The quantitative estimate of drug-likeness (QED) is 0.558. The first-order valence-electron chi connectivity index (χ1n) is 6.72. The first-order chi connectivity index (χ1) is 9.02. The third-order valence-electron chi connectivity index (χ3n) is 3.25. The van der Waals surface area contributed by atoms with Gasteiger partial charge in [-0.2, -0.15) is 0 Å². The molecule has 0 radical (unpaired) electrons. The van der Waals surface area contributed by atoms with E-state index < -0.39 is 0 Å². The van der Waals surface area contributed by atoms with E-state index in [0.29, 0.717) is 12.5 Å². The van der Waals surface area contributed by atoms with Crippen molar-refractivity contribution in [1.29, 1.82) is 5.41 Å². The largest absolute Gasteiger partial charge is 0.497 e. The zero-order chi connectivity index (χ0) is 14.3. The standard InChI is InChI=1S/C15H25N3O/c1-12(2)18(11-9-15(16)17)10-8-13-4-6-14(19-3)7-5-13/h4-7,12H,8-11H2,1-3H3,(H3,16,17). The van der Waals surface area contributed by atoms with Crippen LogP contribution in [0.1, 0.15) is 25.8 Å². The van der Waals surface area contributed by atoms with E-state index in [0.717, 1.165) is 25.3 Å². The van der Waals surface area contributed by atoms with Crippen LogP contribution in [-0.4, -0.2) is 37.0 Å². The van der Waals surface area contributed by atoms with Crippen molar-refractivity contribution in [1.82, 2.24) is 4.90 Å². The average Bonchev–Trinajstić information content (AvgIpc) is 2.38. The molecular weight excluding hydrogens is 238 g/mol. The number of hydrogen-bond acceptors (Lipinski definition) is 3. The van der Waals surface area contributed by atoms with Crippen LogP contribution < -0.4 is 10.5 Å². The van der Waals surface area contributed by atoms with Gasteiger partial charge < -0.3 is 15.4 Å². The normalized spacial score (nSPS) is 11.0. The fraction of sp³-hybridized carbons (Fsp3) is 0.533. The summed E-state index contributed by atoms with van der Waals surface area (Å²) >= 11 is 0. The Morgan fingerprint density at radius 1 is 1.26 bits per heavy atom. The molecule has 4 heteroatoms. The van der Waals surface area contributed by atoms with Crippen molar-refractivity contribution in [2.24, 2.45) is 5.73 Å². The Morgan fingerprint density at radius 2 is 1.89 bits per heavy atom. The van der Waals surface area contributed by atoms with E-state index >= 15 is 0 Å². The molecule has 106 valence electrons. The molecule has 0 aliphatic carbocycles. The van der Waals surface area contributed by atoms with E-state index in [1.807, 2.05) is 12.1 Å². The Bertz CT molecular complexity index is 387. The number of nitrogens with zero attached hydrogens (tertiary/aromatic N) is 1. The molecule has 0 fully saturated rings. The number of hydrogen-bond donors (Lipinski definition) is 2. The molecule has 19 heavy (non-hydrogen) atoms. The lowest BCUT2D eigenvalue weighted by molar-refractivity contribution is 0.230. The molecule has 0 saturated heterocycles. The molecule has 3 N–H and O–H groups in total. The van der Waals surface area contributed by atoms with Crippen molar-refractivity contribution in [3.63, 3.8) is 0 Å². The third kappa shape index (κ3) is 5.75. The van der Waals surface area contributed by atoms with Crippen LogP contribution in [0, 0.1) is 5.41 Å². The summed E-state index contributed by atoms with van der Waals surface area (Å²) in [5, 5.41) is 7.31. The van der Waals surface area contributed by atoms with E-state index in [1.165, 1.54) is 5.56 Å². The van der Waals surface area contributed by atoms with Gasteiger partial charge in [0.2, 0.25) is 0 Å². The molecule has 1 rings (SSSR count). The van der Waals surface area contributed by atoms with Gasteiger partial charge in [-0.1, -0.05) is 12.1 Å². The number of rotatable bonds is 8. The highest BCUT2D eigenvalue weighted by atomic mass is 16.5. The molecule has 0 heterocycles. The zero-order valence-electron chi connectivity index (χ0n) is 12.1. The summed E-state index contributed by atoms with van der Waals surface area (Å²) in [6.45, 7) is 6.18. The summed E-state index contributed by atoms with van der Waals surface area (Å²) < 4.78 is 5.15. The molecule has 0 saturated carbocycles. The van der Waals surface area contributed by atoms with Crippen LogP contribution in [0.5, 0.6) is 5.75 Å². The van der Waals surface area contributed by atoms with Crippen LogP contribution in [-0.2, 0) is 6.42 Å². The van der Waals surface area contributed by atoms with E-state index in [4.69, 9.17) is 15.9 Å². The van der Waals surface area contributed by atoms with Gasteiger partial charge in [-0.15, -0.1) is 0 Å². The lowest BCUT2D eigenvalue weighted by Crippen LogP contribution is -2.35. The van der Waals surface area contributed by atoms with E-state index in [1.54, 1.807) is 7.11 Å². The van der Waals surface area contributed by atoms with Gasteiger partial charge in [-0.3, -0.25) is 5.41 Å². The van der Waals surface area contributed by atoms with Crippen LogP contribution in [0.25, 0.3) is 0 Å². The molecule has 0 aliphatic heterocycles. The van der Waals surface area contributed by atoms with Gasteiger partial charge in [0, 0.05) is 25.6 Å². The van der Waals surface area contributed by atoms with Crippen LogP contribution in [0.4, 0.5) is 0 Å². The Hall–Kier alpha value is -1.55. The number of nitrogens with one attached hydrogen (secondary N) is 1. The van der Waals surface area contributed by atoms with Gasteiger partial charge in [-0.05, 0) is 38.0 Å². The van der Waals surface area contributed by atoms with E-state index in [-0.39, 0.29) is 5.84 Å². The number of methoxy groups -OCH3 is 1. The van der Waals surface area contributed by atoms with Gasteiger partial charge in [-0.25, -0.2) is 0 Å². The molecule has 0 amide bonds. The Kier molecular flexibility index (Phi) is 6.36. The Morgan fingerprint density at radius 3 is 2.37 bits per heavy atom. The minimum absolute atomic E-state index is 0.259. The smallest absolute Gasteiger partial charge is 0.118 e. The molecule has 1 aromatic carbocycles. The second kappa shape index (κ2) is 7.79. The summed E-state index contributed by atoms with van der Waals surface area (Å²) in [6, 6.07) is 8.65. The van der Waals surface area contributed by atoms with Crippen molar-refractivity contribution in [2.75, 3.05) is 20.2 Å². The maximum atomic E-state index is 7.31. The van der Waals surface area contributed by atoms with Gasteiger partial charge >= 0.3 is 0 Å². The third-order valence-corrected chi connectivity index (χ3v) is 3.25. The number of nitrogens with two attached hydrogens (primary N) is 1. The molecule has 0 atom stereocenters. The second-order valence-electron chi connectivity index (χ2n) is 5.00. The maximum absolute atomic E-state index is 7.31. The summed E-state index contributed by atoms with van der Waals surface area (Å²) in [7, 11) is 1.68. The molecule has 0 aromatic heterocycles. The fourth-order valence-electron chi connectivity index (χ4n) is 1.96. The van der Waals surface area contributed by atoms with Crippen molar-refractivity contribution >= 4 is 5.84 Å². The van der Waals surface area contributed by atoms with Gasteiger partial charge in [0.05, 0.1) is 12.9 Å². The average molecular weight is 263 g/mol. The Labute approximate surface area is 116 Å². The van der Waals surface area contributed by atoms with Gasteiger partial charge in [0.15, 0.2) is 0 Å². The summed E-state index contributed by atoms with van der Waals surface area (Å²) in [5.74, 6) is 1.15. The van der Waals surface area contributed by atoms with Crippen LogP contribution in [0.2, 0.25) is 0 Å². The molecule has 0 unspecified atom stereocenters. The molecular formula is C15H25N3O.